The molecule has 0 fully saturated rings. The van der Waals surface area contributed by atoms with E-state index in [-0.39, 0.29) is 13.1 Å². The zero-order chi connectivity index (χ0) is 18.2. The lowest BCUT2D eigenvalue weighted by Crippen LogP contribution is -2.44. The third-order valence-corrected chi connectivity index (χ3v) is 4.45. The predicted octanol–water partition coefficient (Wildman–Crippen LogP) is 3.35. The molecule has 1 aromatic carbocycles. The smallest absolute Gasteiger partial charge is 0.376 e. The van der Waals surface area contributed by atoms with Crippen molar-refractivity contribution in [3.8, 4) is 0 Å². The Morgan fingerprint density at radius 2 is 1.96 bits per heavy atom. The van der Waals surface area contributed by atoms with Crippen molar-refractivity contribution in [2.45, 2.75) is 25.4 Å². The van der Waals surface area contributed by atoms with E-state index in [0.717, 1.165) is 10.5 Å². The van der Waals surface area contributed by atoms with Crippen LogP contribution >= 0.6 is 15.9 Å². The summed E-state index contributed by atoms with van der Waals surface area (Å²) in [6.45, 7) is 0.0231. The van der Waals surface area contributed by atoms with Crippen molar-refractivity contribution in [2.24, 2.45) is 0 Å². The molecule has 0 unspecified atom stereocenters. The molecule has 2 N–H and O–H groups in total. The van der Waals surface area contributed by atoms with Gasteiger partial charge in [-0.2, -0.15) is 13.2 Å². The summed E-state index contributed by atoms with van der Waals surface area (Å²) in [7, 11) is 0. The molecule has 2 heterocycles. The van der Waals surface area contributed by atoms with E-state index in [0.29, 0.717) is 21.5 Å². The second-order valence-electron chi connectivity index (χ2n) is 5.58. The van der Waals surface area contributed by atoms with Crippen molar-refractivity contribution in [1.82, 2.24) is 9.88 Å². The first kappa shape index (κ1) is 17.7. The Kier molecular flexibility index (Phi) is 4.70. The Hall–Kier alpha value is -2.13. The van der Waals surface area contributed by atoms with Gasteiger partial charge in [-0.3, -0.25) is 4.79 Å². The lowest BCUT2D eigenvalue weighted by molar-refractivity contribution is -0.211. The van der Waals surface area contributed by atoms with Gasteiger partial charge in [-0.1, -0.05) is 6.07 Å². The van der Waals surface area contributed by atoms with E-state index < -0.39 is 18.2 Å². The molecule has 132 valence electrons. The lowest BCUT2D eigenvalue weighted by atomic mass is 10.1. The number of benzene rings is 1. The molecular weight excluding hydrogens is 403 g/mol. The van der Waals surface area contributed by atoms with Crippen molar-refractivity contribution in [3.05, 3.63) is 52.1 Å². The van der Waals surface area contributed by atoms with E-state index in [4.69, 9.17) is 5.11 Å². The fourth-order valence-corrected chi connectivity index (χ4v) is 3.05. The number of amides is 1. The fourth-order valence-electron chi connectivity index (χ4n) is 2.56. The van der Waals surface area contributed by atoms with E-state index >= 15 is 0 Å². The van der Waals surface area contributed by atoms with Gasteiger partial charge in [0.2, 0.25) is 6.10 Å². The van der Waals surface area contributed by atoms with Crippen LogP contribution in [-0.4, -0.2) is 33.2 Å². The van der Waals surface area contributed by atoms with Crippen molar-refractivity contribution in [3.63, 3.8) is 0 Å². The molecular formula is C16H13BrF3N3O2. The number of hydrogen-bond acceptors (Lipinski definition) is 4. The molecule has 2 aromatic rings. The first-order chi connectivity index (χ1) is 11.8. The predicted molar refractivity (Wildman–Crippen MR) is 88.0 cm³/mol. The molecule has 3 rings (SSSR count). The maximum Gasteiger partial charge on any atom is 0.423 e. The molecule has 1 atom stereocenters. The van der Waals surface area contributed by atoms with Gasteiger partial charge in [0, 0.05) is 23.8 Å². The van der Waals surface area contributed by atoms with Gasteiger partial charge in [0.05, 0.1) is 5.69 Å². The van der Waals surface area contributed by atoms with Gasteiger partial charge < -0.3 is 15.3 Å². The highest BCUT2D eigenvalue weighted by Gasteiger charge is 2.46. The van der Waals surface area contributed by atoms with Gasteiger partial charge in [0.15, 0.2) is 0 Å². The number of carbonyl (C=O) groups excluding carboxylic acids is 1. The standard InChI is InChI=1S/C16H13BrF3N3O2/c17-11-5-9-7-23(15(25)14(24)16(18,19)20)8-10(9)6-12(11)22-13-3-1-2-4-21-13/h1-6,14,24H,7-8H2,(H,21,22)/t14-/m0/s1. The Balaban J connectivity index is 1.79. The molecule has 0 spiro atoms. The summed E-state index contributed by atoms with van der Waals surface area (Å²) in [5, 5.41) is 12.3. The van der Waals surface area contributed by atoms with Crippen LogP contribution in [0.4, 0.5) is 24.7 Å². The fraction of sp³-hybridized carbons (Fsp3) is 0.250. The number of carbonyl (C=O) groups is 1. The monoisotopic (exact) mass is 415 g/mol. The van der Waals surface area contributed by atoms with Gasteiger partial charge in [-0.05, 0) is 51.3 Å². The maximum absolute atomic E-state index is 12.5. The number of aliphatic hydroxyl groups is 1. The largest absolute Gasteiger partial charge is 0.423 e. The van der Waals surface area contributed by atoms with E-state index in [1.165, 1.54) is 0 Å². The van der Waals surface area contributed by atoms with E-state index in [1.807, 2.05) is 6.07 Å². The van der Waals surface area contributed by atoms with Crippen molar-refractivity contribution in [1.29, 1.82) is 0 Å². The summed E-state index contributed by atoms with van der Waals surface area (Å²) in [4.78, 5) is 17.0. The Labute approximate surface area is 149 Å². The minimum atomic E-state index is -4.97. The molecule has 1 aliphatic rings. The van der Waals surface area contributed by atoms with Crippen LogP contribution in [0.1, 0.15) is 11.1 Å². The minimum absolute atomic E-state index is 0.00544. The number of rotatable bonds is 3. The number of nitrogens with one attached hydrogen (secondary N) is 1. The van der Waals surface area contributed by atoms with Crippen molar-refractivity contribution < 1.29 is 23.1 Å². The molecule has 25 heavy (non-hydrogen) atoms. The van der Waals surface area contributed by atoms with Crippen LogP contribution in [0.2, 0.25) is 0 Å². The zero-order valence-corrected chi connectivity index (χ0v) is 14.3. The number of nitrogens with zero attached hydrogens (tertiary/aromatic N) is 2. The summed E-state index contributed by atoms with van der Waals surface area (Å²) in [5.41, 5.74) is 2.12. The van der Waals surface area contributed by atoms with E-state index in [1.54, 1.807) is 30.5 Å². The Bertz CT molecular complexity index is 799. The van der Waals surface area contributed by atoms with Gasteiger partial charge in [-0.15, -0.1) is 0 Å². The third kappa shape index (κ3) is 3.77. The van der Waals surface area contributed by atoms with Crippen LogP contribution in [0, 0.1) is 0 Å². The molecule has 1 aliphatic heterocycles. The van der Waals surface area contributed by atoms with Gasteiger partial charge in [0.25, 0.3) is 5.91 Å². The third-order valence-electron chi connectivity index (χ3n) is 3.79. The average Bonchev–Trinajstić information content (AvgIpc) is 2.96. The van der Waals surface area contributed by atoms with E-state index in [2.05, 4.69) is 26.2 Å². The van der Waals surface area contributed by atoms with Crippen molar-refractivity contribution >= 4 is 33.3 Å². The number of aliphatic hydroxyl groups excluding tert-OH is 1. The molecule has 9 heteroatoms. The number of pyridine rings is 1. The van der Waals surface area contributed by atoms with Gasteiger partial charge in [-0.25, -0.2) is 4.98 Å². The molecule has 0 saturated carbocycles. The number of fused-ring (bicyclic) bond motifs is 1. The summed E-state index contributed by atoms with van der Waals surface area (Å²) in [6.07, 6.45) is -6.35. The van der Waals surface area contributed by atoms with Crippen LogP contribution in [0.25, 0.3) is 0 Å². The Morgan fingerprint density at radius 3 is 2.56 bits per heavy atom. The molecule has 1 aromatic heterocycles. The molecule has 1 amide bonds. The second kappa shape index (κ2) is 6.64. The number of hydrogen-bond donors (Lipinski definition) is 2. The molecule has 0 saturated heterocycles. The maximum atomic E-state index is 12.5. The highest BCUT2D eigenvalue weighted by atomic mass is 79.9. The normalized spacial score (nSPS) is 15.0. The van der Waals surface area contributed by atoms with Crippen LogP contribution in [-0.2, 0) is 17.9 Å². The zero-order valence-electron chi connectivity index (χ0n) is 12.7. The number of halogens is 4. The highest BCUT2D eigenvalue weighted by Crippen LogP contribution is 2.34. The van der Waals surface area contributed by atoms with Crippen LogP contribution < -0.4 is 5.32 Å². The number of aromatic nitrogens is 1. The number of anilines is 2. The van der Waals surface area contributed by atoms with Crippen LogP contribution in [0.3, 0.4) is 0 Å². The second-order valence-corrected chi connectivity index (χ2v) is 6.43. The molecule has 5 nitrogen and oxygen atoms in total. The topological polar surface area (TPSA) is 65.5 Å². The summed E-state index contributed by atoms with van der Waals surface area (Å²) in [5.74, 6) is -0.736. The van der Waals surface area contributed by atoms with Gasteiger partial charge >= 0.3 is 6.18 Å². The molecule has 0 radical (unpaired) electrons. The first-order valence-corrected chi connectivity index (χ1v) is 8.08. The summed E-state index contributed by atoms with van der Waals surface area (Å²) >= 11 is 3.40. The number of alkyl halides is 3. The van der Waals surface area contributed by atoms with E-state index in [9.17, 15) is 18.0 Å². The molecule has 0 aliphatic carbocycles. The van der Waals surface area contributed by atoms with Gasteiger partial charge in [0.1, 0.15) is 5.82 Å². The SMILES string of the molecule is O=C([C@H](O)C(F)(F)F)N1Cc2cc(Br)c(Nc3ccccn3)cc2C1. The molecule has 0 bridgehead atoms. The average molecular weight is 416 g/mol. The Morgan fingerprint density at radius 1 is 1.28 bits per heavy atom. The van der Waals surface area contributed by atoms with Crippen LogP contribution in [0.15, 0.2) is 41.0 Å². The summed E-state index contributed by atoms with van der Waals surface area (Å²) < 4.78 is 38.3. The lowest BCUT2D eigenvalue weighted by Gasteiger charge is -2.21. The van der Waals surface area contributed by atoms with Crippen molar-refractivity contribution in [2.75, 3.05) is 5.32 Å². The summed E-state index contributed by atoms with van der Waals surface area (Å²) in [6, 6.07) is 8.86. The quantitative estimate of drug-likeness (QED) is 0.806. The first-order valence-electron chi connectivity index (χ1n) is 7.28. The van der Waals surface area contributed by atoms with Crippen LogP contribution in [0.5, 0.6) is 0 Å². The minimum Gasteiger partial charge on any atom is -0.376 e. The highest BCUT2D eigenvalue weighted by molar-refractivity contribution is 9.10.